The molecule has 1 atom stereocenters. The second kappa shape index (κ2) is 10.9. The maximum Gasteiger partial charge on any atom is 0.0589 e. The van der Waals surface area contributed by atoms with Crippen LogP contribution in [0.15, 0.2) is 0 Å². The van der Waals surface area contributed by atoms with Crippen LogP contribution < -0.4 is 5.32 Å². The third-order valence-electron chi connectivity index (χ3n) is 2.46. The molecule has 0 heterocycles. The summed E-state index contributed by atoms with van der Waals surface area (Å²) in [7, 11) is 3.44. The van der Waals surface area contributed by atoms with Crippen LogP contribution in [0.25, 0.3) is 0 Å². The van der Waals surface area contributed by atoms with Crippen molar-refractivity contribution in [3.05, 3.63) is 0 Å². The molecular formula is C12H24N2O2. The lowest BCUT2D eigenvalue weighted by molar-refractivity contribution is 0.0920. The predicted molar refractivity (Wildman–Crippen MR) is 66.5 cm³/mol. The summed E-state index contributed by atoms with van der Waals surface area (Å²) < 4.78 is 10.2. The minimum Gasteiger partial charge on any atom is -0.383 e. The second-order valence-electron chi connectivity index (χ2n) is 3.71. The number of hydrogen-bond acceptors (Lipinski definition) is 4. The zero-order valence-corrected chi connectivity index (χ0v) is 10.7. The van der Waals surface area contributed by atoms with Crippen molar-refractivity contribution < 1.29 is 9.47 Å². The number of methoxy groups -OCH3 is 2. The van der Waals surface area contributed by atoms with Crippen molar-refractivity contribution in [2.45, 2.75) is 13.0 Å². The molecule has 0 aliphatic rings. The van der Waals surface area contributed by atoms with Gasteiger partial charge in [0, 0.05) is 39.9 Å². The van der Waals surface area contributed by atoms with Gasteiger partial charge < -0.3 is 14.8 Å². The molecule has 0 saturated heterocycles. The van der Waals surface area contributed by atoms with E-state index in [1.807, 2.05) is 0 Å². The van der Waals surface area contributed by atoms with Gasteiger partial charge in [-0.05, 0) is 6.92 Å². The van der Waals surface area contributed by atoms with Crippen molar-refractivity contribution >= 4 is 0 Å². The summed E-state index contributed by atoms with van der Waals surface area (Å²) in [6.45, 7) is 6.99. The summed E-state index contributed by atoms with van der Waals surface area (Å²) in [4.78, 5) is 2.33. The molecule has 1 unspecified atom stereocenters. The van der Waals surface area contributed by atoms with E-state index in [0.717, 1.165) is 32.8 Å². The van der Waals surface area contributed by atoms with Gasteiger partial charge in [-0.3, -0.25) is 4.90 Å². The Kier molecular flexibility index (Phi) is 10.5. The predicted octanol–water partition coefficient (Wildman–Crippen LogP) is 0.193. The monoisotopic (exact) mass is 228 g/mol. The number of hydrogen-bond donors (Lipinski definition) is 1. The molecule has 94 valence electrons. The normalized spacial score (nSPS) is 12.7. The smallest absolute Gasteiger partial charge is 0.0589 e. The Bertz CT molecular complexity index is 184. The molecular weight excluding hydrogens is 204 g/mol. The second-order valence-corrected chi connectivity index (χ2v) is 3.71. The quantitative estimate of drug-likeness (QED) is 0.427. The first-order valence-corrected chi connectivity index (χ1v) is 5.62. The zero-order valence-electron chi connectivity index (χ0n) is 10.7. The molecule has 0 aromatic heterocycles. The fraction of sp³-hybridized carbons (Fsp3) is 0.833. The van der Waals surface area contributed by atoms with E-state index in [9.17, 15) is 0 Å². The van der Waals surface area contributed by atoms with Crippen LogP contribution >= 0.6 is 0 Å². The molecule has 0 aliphatic heterocycles. The Morgan fingerprint density at radius 2 is 1.81 bits per heavy atom. The molecule has 1 N–H and O–H groups in total. The summed E-state index contributed by atoms with van der Waals surface area (Å²) in [5.41, 5.74) is 0. The van der Waals surface area contributed by atoms with Gasteiger partial charge in [-0.15, -0.1) is 6.42 Å². The Morgan fingerprint density at radius 3 is 2.25 bits per heavy atom. The van der Waals surface area contributed by atoms with Crippen LogP contribution in [0.3, 0.4) is 0 Å². The summed E-state index contributed by atoms with van der Waals surface area (Å²) in [6.07, 6.45) is 5.19. The lowest BCUT2D eigenvalue weighted by Crippen LogP contribution is -2.43. The van der Waals surface area contributed by atoms with E-state index in [0.29, 0.717) is 12.6 Å². The number of rotatable bonds is 10. The molecule has 0 fully saturated rings. The largest absolute Gasteiger partial charge is 0.383 e. The van der Waals surface area contributed by atoms with Gasteiger partial charge in [0.25, 0.3) is 0 Å². The summed E-state index contributed by atoms with van der Waals surface area (Å²) in [5.74, 6) is 2.57. The van der Waals surface area contributed by atoms with E-state index in [1.54, 1.807) is 14.2 Å². The maximum atomic E-state index is 5.19. The highest BCUT2D eigenvalue weighted by Gasteiger charge is 2.12. The maximum absolute atomic E-state index is 5.19. The van der Waals surface area contributed by atoms with Crippen molar-refractivity contribution in [2.75, 3.05) is 53.6 Å². The van der Waals surface area contributed by atoms with Gasteiger partial charge in [-0.25, -0.2) is 0 Å². The van der Waals surface area contributed by atoms with Gasteiger partial charge in [0.1, 0.15) is 0 Å². The number of nitrogens with one attached hydrogen (secondary N) is 1. The summed E-state index contributed by atoms with van der Waals surface area (Å²) >= 11 is 0. The van der Waals surface area contributed by atoms with Crippen molar-refractivity contribution in [3.8, 4) is 12.3 Å². The lowest BCUT2D eigenvalue weighted by Gasteiger charge is -2.28. The van der Waals surface area contributed by atoms with Crippen molar-refractivity contribution in [2.24, 2.45) is 0 Å². The van der Waals surface area contributed by atoms with Gasteiger partial charge in [-0.1, -0.05) is 5.92 Å². The Balaban J connectivity index is 3.89. The van der Waals surface area contributed by atoms with Crippen molar-refractivity contribution in [1.29, 1.82) is 0 Å². The highest BCUT2D eigenvalue weighted by atomic mass is 16.5. The first-order chi connectivity index (χ1) is 7.76. The van der Waals surface area contributed by atoms with Gasteiger partial charge in [0.05, 0.1) is 19.8 Å². The van der Waals surface area contributed by atoms with Crippen LogP contribution in [0.2, 0.25) is 0 Å². The Labute approximate surface area is 99.3 Å². The average Bonchev–Trinajstić information content (AvgIpc) is 2.29. The Morgan fingerprint density at radius 1 is 1.25 bits per heavy atom. The minimum absolute atomic E-state index is 0.429. The lowest BCUT2D eigenvalue weighted by atomic mass is 10.2. The molecule has 4 nitrogen and oxygen atoms in total. The summed E-state index contributed by atoms with van der Waals surface area (Å²) in [6, 6.07) is 0.429. The van der Waals surface area contributed by atoms with Crippen LogP contribution in [0.5, 0.6) is 0 Å². The van der Waals surface area contributed by atoms with E-state index in [-0.39, 0.29) is 0 Å². The van der Waals surface area contributed by atoms with Crippen LogP contribution in [-0.4, -0.2) is 64.6 Å². The molecule has 0 amide bonds. The molecule has 0 spiro atoms. The molecule has 16 heavy (non-hydrogen) atoms. The number of terminal acetylenes is 1. The SMILES string of the molecule is C#CCNCC(C)N(CCOC)CCOC. The topological polar surface area (TPSA) is 33.7 Å². The molecule has 0 rings (SSSR count). The van der Waals surface area contributed by atoms with E-state index in [1.165, 1.54) is 0 Å². The zero-order chi connectivity index (χ0) is 12.2. The van der Waals surface area contributed by atoms with Crippen molar-refractivity contribution in [3.63, 3.8) is 0 Å². The molecule has 0 radical (unpaired) electrons. The number of nitrogens with zero attached hydrogens (tertiary/aromatic N) is 1. The third kappa shape index (κ3) is 7.66. The molecule has 0 aliphatic carbocycles. The van der Waals surface area contributed by atoms with Gasteiger partial charge >= 0.3 is 0 Å². The van der Waals surface area contributed by atoms with Crippen LogP contribution in [-0.2, 0) is 9.47 Å². The fourth-order valence-corrected chi connectivity index (χ4v) is 1.45. The first-order valence-electron chi connectivity index (χ1n) is 5.62. The number of ether oxygens (including phenoxy) is 2. The van der Waals surface area contributed by atoms with E-state index >= 15 is 0 Å². The first kappa shape index (κ1) is 15.4. The van der Waals surface area contributed by atoms with Crippen LogP contribution in [0.4, 0.5) is 0 Å². The van der Waals surface area contributed by atoms with E-state index in [4.69, 9.17) is 15.9 Å². The standard InChI is InChI=1S/C12H24N2O2/c1-5-6-13-11-12(2)14(7-9-15-3)8-10-16-4/h1,12-13H,6-11H2,2-4H3. The molecule has 0 aromatic carbocycles. The van der Waals surface area contributed by atoms with Crippen molar-refractivity contribution in [1.82, 2.24) is 10.2 Å². The third-order valence-corrected chi connectivity index (χ3v) is 2.46. The van der Waals surface area contributed by atoms with Crippen LogP contribution in [0.1, 0.15) is 6.92 Å². The molecule has 0 bridgehead atoms. The average molecular weight is 228 g/mol. The molecule has 0 saturated carbocycles. The van der Waals surface area contributed by atoms with E-state index in [2.05, 4.69) is 23.1 Å². The highest BCUT2D eigenvalue weighted by molar-refractivity contribution is 4.87. The minimum atomic E-state index is 0.429. The van der Waals surface area contributed by atoms with Gasteiger partial charge in [-0.2, -0.15) is 0 Å². The molecule has 0 aromatic rings. The van der Waals surface area contributed by atoms with Gasteiger partial charge in [0.2, 0.25) is 0 Å². The summed E-state index contributed by atoms with van der Waals surface area (Å²) in [5, 5.41) is 3.21. The van der Waals surface area contributed by atoms with E-state index < -0.39 is 0 Å². The highest BCUT2D eigenvalue weighted by Crippen LogP contribution is 1.98. The molecule has 4 heteroatoms. The van der Waals surface area contributed by atoms with Crippen LogP contribution in [0, 0.1) is 12.3 Å². The van der Waals surface area contributed by atoms with Gasteiger partial charge in [0.15, 0.2) is 0 Å². The Hall–Kier alpha value is -0.600. The fourth-order valence-electron chi connectivity index (χ4n) is 1.45.